The van der Waals surface area contributed by atoms with Crippen LogP contribution in [0.15, 0.2) is 54.6 Å². The number of carbonyl (C=O) groups excluding carboxylic acids is 2. The van der Waals surface area contributed by atoms with E-state index in [1.54, 1.807) is 57.2 Å². The first kappa shape index (κ1) is 22.4. The zero-order valence-corrected chi connectivity index (χ0v) is 19.1. The fraction of sp³-hybridized carbons (Fsp3) is 0.200. The van der Waals surface area contributed by atoms with Crippen LogP contribution in [0.4, 0.5) is 0 Å². The third kappa shape index (κ3) is 4.14. The van der Waals surface area contributed by atoms with Crippen LogP contribution < -0.4 is 14.8 Å². The van der Waals surface area contributed by atoms with Crippen molar-refractivity contribution in [1.82, 2.24) is 0 Å². The second-order valence-electron chi connectivity index (χ2n) is 7.17. The monoisotopic (exact) mass is 435 g/mol. The van der Waals surface area contributed by atoms with Crippen molar-refractivity contribution in [2.24, 2.45) is 0 Å². The summed E-state index contributed by atoms with van der Waals surface area (Å²) >= 11 is 0. The summed E-state index contributed by atoms with van der Waals surface area (Å²) in [4.78, 5) is 26.3. The van der Waals surface area contributed by atoms with E-state index in [2.05, 4.69) is 0 Å². The van der Waals surface area contributed by atoms with Crippen LogP contribution in [-0.4, -0.2) is 25.5 Å². The second kappa shape index (κ2) is 9.23. The van der Waals surface area contributed by atoms with Gasteiger partial charge in [0.05, 0.1) is 19.8 Å². The highest BCUT2D eigenvalue weighted by Crippen LogP contribution is 2.38. The van der Waals surface area contributed by atoms with Crippen LogP contribution in [0.1, 0.15) is 43.0 Å². The van der Waals surface area contributed by atoms with E-state index < -0.39 is 13.3 Å². The molecule has 3 aromatic carbocycles. The van der Waals surface area contributed by atoms with Crippen molar-refractivity contribution in [2.45, 2.75) is 20.8 Å². The van der Waals surface area contributed by atoms with Gasteiger partial charge < -0.3 is 9.47 Å². The molecule has 0 radical (unpaired) electrons. The molecule has 0 spiro atoms. The Balaban J connectivity index is 2.09. The third-order valence-corrected chi connectivity index (χ3v) is 6.82. The molecule has 0 aliphatic carbocycles. The molecule has 0 heterocycles. The molecule has 0 saturated carbocycles. The van der Waals surface area contributed by atoms with Gasteiger partial charge >= 0.3 is 13.3 Å². The number of rotatable bonds is 7. The Morgan fingerprint density at radius 3 is 1.94 bits per heavy atom. The van der Waals surface area contributed by atoms with Crippen molar-refractivity contribution in [3.63, 3.8) is 0 Å². The predicted molar refractivity (Wildman–Crippen MR) is 122 cm³/mol. The van der Waals surface area contributed by atoms with Crippen molar-refractivity contribution in [1.29, 1.82) is 0 Å². The normalized spacial score (nSPS) is 11.1. The Morgan fingerprint density at radius 2 is 1.39 bits per heavy atom. The minimum atomic E-state index is -2.50. The summed E-state index contributed by atoms with van der Waals surface area (Å²) in [5.74, 6) is 0.549. The predicted octanol–water partition coefficient (Wildman–Crippen LogP) is 5.15. The smallest absolute Gasteiger partial charge is 0.466 e. The number of hydrogen-bond acceptors (Lipinski definition) is 5. The highest BCUT2D eigenvalue weighted by molar-refractivity contribution is 7.72. The summed E-state index contributed by atoms with van der Waals surface area (Å²) < 4.78 is 24.0. The van der Waals surface area contributed by atoms with Crippen LogP contribution in [0.3, 0.4) is 0 Å². The average molecular weight is 435 g/mol. The van der Waals surface area contributed by atoms with Crippen molar-refractivity contribution < 1.29 is 23.6 Å². The molecule has 0 saturated heterocycles. The molecule has 3 aromatic rings. The van der Waals surface area contributed by atoms with E-state index in [0.29, 0.717) is 44.9 Å². The summed E-state index contributed by atoms with van der Waals surface area (Å²) in [6.45, 7) is 5.34. The van der Waals surface area contributed by atoms with E-state index in [9.17, 15) is 14.2 Å². The van der Waals surface area contributed by atoms with Crippen LogP contribution >= 0.6 is 7.80 Å². The molecule has 1 atom stereocenters. The summed E-state index contributed by atoms with van der Waals surface area (Å²) in [5, 5.41) is 0.230. The Kier molecular flexibility index (Phi) is 6.67. The first-order chi connectivity index (χ1) is 14.8. The summed E-state index contributed by atoms with van der Waals surface area (Å²) in [6, 6.07) is 15.7. The van der Waals surface area contributed by atoms with Gasteiger partial charge in [0.15, 0.2) is 17.3 Å². The van der Waals surface area contributed by atoms with Gasteiger partial charge in [-0.25, -0.2) is 4.79 Å². The van der Waals surface area contributed by atoms with Gasteiger partial charge in [-0.15, -0.1) is 0 Å². The van der Waals surface area contributed by atoms with E-state index in [0.717, 1.165) is 0 Å². The van der Waals surface area contributed by atoms with Gasteiger partial charge in [0.2, 0.25) is 0 Å². The molecule has 6 heteroatoms. The fourth-order valence-electron chi connectivity index (χ4n) is 3.63. The lowest BCUT2D eigenvalue weighted by molar-refractivity contribution is 0.103. The highest BCUT2D eigenvalue weighted by atomic mass is 31.1. The van der Waals surface area contributed by atoms with E-state index in [4.69, 9.17) is 9.47 Å². The van der Waals surface area contributed by atoms with Crippen molar-refractivity contribution in [3.05, 3.63) is 88.0 Å². The first-order valence-corrected chi connectivity index (χ1v) is 11.0. The van der Waals surface area contributed by atoms with Crippen LogP contribution in [0, 0.1) is 20.8 Å². The van der Waals surface area contributed by atoms with Crippen molar-refractivity contribution >= 4 is 24.4 Å². The Labute approximate surface area is 182 Å². The summed E-state index contributed by atoms with van der Waals surface area (Å²) in [6.07, 6.45) is 0. The first-order valence-electron chi connectivity index (χ1n) is 9.74. The quantitative estimate of drug-likeness (QED) is 0.379. The summed E-state index contributed by atoms with van der Waals surface area (Å²) in [5.41, 5.74) is 2.88. The fourth-order valence-corrected chi connectivity index (χ4v) is 5.11. The number of carbonyl (C=O) groups is 2. The third-order valence-electron chi connectivity index (χ3n) is 5.38. The zero-order chi connectivity index (χ0) is 22.7. The maximum atomic E-state index is 13.3. The van der Waals surface area contributed by atoms with Gasteiger partial charge in [0.1, 0.15) is 0 Å². The summed E-state index contributed by atoms with van der Waals surface area (Å²) in [7, 11) is 0.406. The maximum Gasteiger partial charge on any atom is 0.466 e. The number of aryl methyl sites for hydroxylation is 1. The lowest BCUT2D eigenvalue weighted by Gasteiger charge is -2.13. The minimum absolute atomic E-state index is 0.112. The number of ketones is 1. The van der Waals surface area contributed by atoms with Gasteiger partial charge in [-0.3, -0.25) is 4.79 Å². The lowest BCUT2D eigenvalue weighted by atomic mass is 9.90. The minimum Gasteiger partial charge on any atom is -0.492 e. The molecule has 0 aliphatic heterocycles. The standard InChI is InChI=1S/C25H24O5P/c1-15-14-19(23(26)18-10-7-6-8-11-18)16(2)17(3)22(15)25(27)31(28)24-20(29-4)12-9-13-21(24)30-5/h6-14H,1-5H3/q+1. The molecule has 0 bridgehead atoms. The molecular weight excluding hydrogens is 411 g/mol. The van der Waals surface area contributed by atoms with E-state index >= 15 is 0 Å². The maximum absolute atomic E-state index is 13.3. The van der Waals surface area contributed by atoms with E-state index in [1.807, 2.05) is 18.2 Å². The molecule has 0 aliphatic rings. The Hall–Kier alpha value is -3.30. The molecule has 0 N–H and O–H groups in total. The van der Waals surface area contributed by atoms with Crippen LogP contribution in [0.25, 0.3) is 0 Å². The largest absolute Gasteiger partial charge is 0.492 e. The van der Waals surface area contributed by atoms with Gasteiger partial charge in [0.25, 0.3) is 5.30 Å². The molecule has 3 rings (SSSR count). The lowest BCUT2D eigenvalue weighted by Crippen LogP contribution is -2.14. The molecule has 158 valence electrons. The van der Waals surface area contributed by atoms with Crippen LogP contribution in [0.5, 0.6) is 11.5 Å². The Bertz CT molecular complexity index is 1160. The Morgan fingerprint density at radius 1 is 0.806 bits per heavy atom. The molecule has 1 unspecified atom stereocenters. The number of benzene rings is 3. The van der Waals surface area contributed by atoms with Gasteiger partial charge in [-0.1, -0.05) is 41.0 Å². The van der Waals surface area contributed by atoms with Crippen molar-refractivity contribution in [2.75, 3.05) is 14.2 Å². The van der Waals surface area contributed by atoms with Gasteiger partial charge in [-0.05, 0) is 55.7 Å². The molecule has 0 amide bonds. The molecule has 0 fully saturated rings. The average Bonchev–Trinajstić information content (AvgIpc) is 2.80. The zero-order valence-electron chi connectivity index (χ0n) is 18.2. The number of methoxy groups -OCH3 is 2. The van der Waals surface area contributed by atoms with Gasteiger partial charge in [0, 0.05) is 11.1 Å². The second-order valence-corrected chi connectivity index (χ2v) is 8.61. The van der Waals surface area contributed by atoms with E-state index in [-0.39, 0.29) is 11.1 Å². The molecule has 0 aromatic heterocycles. The van der Waals surface area contributed by atoms with Crippen LogP contribution in [-0.2, 0) is 4.57 Å². The molecule has 5 nitrogen and oxygen atoms in total. The van der Waals surface area contributed by atoms with Crippen LogP contribution in [0.2, 0.25) is 0 Å². The number of hydrogen-bond donors (Lipinski definition) is 0. The van der Waals surface area contributed by atoms with Crippen molar-refractivity contribution in [3.8, 4) is 11.5 Å². The van der Waals surface area contributed by atoms with Gasteiger partial charge in [-0.2, -0.15) is 0 Å². The highest BCUT2D eigenvalue weighted by Gasteiger charge is 2.41. The number of ether oxygens (including phenoxy) is 2. The van der Waals surface area contributed by atoms with E-state index in [1.165, 1.54) is 14.2 Å². The molecular formula is C25H24O5P+. The SMILES string of the molecule is COc1cccc(OC)c1[P+](=O)C(=O)c1c(C)cc(C(=O)c2ccccc2)c(C)c1C. The topological polar surface area (TPSA) is 69.7 Å². The molecule has 31 heavy (non-hydrogen) atoms.